The Balaban J connectivity index is 0.00000200. The summed E-state index contributed by atoms with van der Waals surface area (Å²) < 4.78 is 7.49. The number of halogens is 2. The van der Waals surface area contributed by atoms with Gasteiger partial charge in [-0.2, -0.15) is 0 Å². The van der Waals surface area contributed by atoms with Crippen molar-refractivity contribution in [1.82, 2.24) is 0 Å². The predicted octanol–water partition coefficient (Wildman–Crippen LogP) is -2.30. The molecule has 0 saturated carbocycles. The quantitative estimate of drug-likeness (QED) is 0.526. The summed E-state index contributed by atoms with van der Waals surface area (Å²) in [6.07, 6.45) is 6.79. The van der Waals surface area contributed by atoms with Crippen molar-refractivity contribution < 1.29 is 50.0 Å². The second kappa shape index (κ2) is 9.22. The smallest absolute Gasteiger partial charge is 1.00 e. The van der Waals surface area contributed by atoms with E-state index in [0.717, 1.165) is 25.2 Å². The molecule has 5 heteroatoms. The van der Waals surface area contributed by atoms with Crippen molar-refractivity contribution in [3.8, 4) is 5.75 Å². The van der Waals surface area contributed by atoms with Gasteiger partial charge in [0.2, 0.25) is 0 Å². The molecule has 21 heavy (non-hydrogen) atoms. The Hall–Kier alpha value is 0.0112. The van der Waals surface area contributed by atoms with Gasteiger partial charge in [-0.25, -0.2) is 0 Å². The van der Waals surface area contributed by atoms with Crippen LogP contribution in [-0.2, 0) is 20.4 Å². The van der Waals surface area contributed by atoms with Gasteiger partial charge in [0.25, 0.3) is 0 Å². The summed E-state index contributed by atoms with van der Waals surface area (Å²) >= 11 is 2.26. The molecule has 113 valence electrons. The van der Waals surface area contributed by atoms with Crippen LogP contribution in [0.3, 0.4) is 0 Å². The molecule has 0 radical (unpaired) electrons. The topological polar surface area (TPSA) is 9.23 Å². The maximum atomic E-state index is 5.96. The van der Waals surface area contributed by atoms with Gasteiger partial charge in [0.15, 0.2) is 0 Å². The number of allylic oxidation sites excluding steroid dienone is 4. The maximum absolute atomic E-state index is 5.96. The van der Waals surface area contributed by atoms with Gasteiger partial charge in [0.1, 0.15) is 0 Å². The first kappa shape index (κ1) is 21.0. The molecule has 0 N–H and O–H groups in total. The molecule has 1 aromatic carbocycles. The third-order valence-corrected chi connectivity index (χ3v) is 8.33. The molecule has 0 amide bonds. The summed E-state index contributed by atoms with van der Waals surface area (Å²) in [7, 11) is -1.64. The average molecular weight is 376 g/mol. The monoisotopic (exact) mass is 375 g/mol. The zero-order chi connectivity index (χ0) is 13.9. The Bertz CT molecular complexity index is 527. The van der Waals surface area contributed by atoms with Crippen LogP contribution in [0.4, 0.5) is 0 Å². The van der Waals surface area contributed by atoms with Crippen LogP contribution < -0.4 is 34.7 Å². The number of rotatable bonds is 5. The zero-order valence-corrected chi connectivity index (χ0v) is 16.8. The number of benzene rings is 1. The van der Waals surface area contributed by atoms with Gasteiger partial charge in [-0.15, -0.1) is 0 Å². The van der Waals surface area contributed by atoms with Crippen LogP contribution in [0.5, 0.6) is 5.75 Å². The molecule has 1 aromatic rings. The fourth-order valence-electron chi connectivity index (χ4n) is 2.56. The Morgan fingerprint density at radius 1 is 1.19 bits per heavy atom. The standard InChI is InChI=1S/C16H21OSi.2ClH.Ti/c1-4-13-17-15-11-7-8-12-16(15)18(2,3)14-9-5-6-10-14;;;/h5,7-9,11-12H,4,6,13H2,1-3H3;2*1H;/q;;;+2/p-2. The van der Waals surface area contributed by atoms with E-state index in [1.165, 1.54) is 9.06 Å². The van der Waals surface area contributed by atoms with Gasteiger partial charge >= 0.3 is 129 Å². The zero-order valence-electron chi connectivity index (χ0n) is 12.7. The molecule has 0 unspecified atom stereocenters. The molecule has 1 aliphatic rings. The molecule has 1 aliphatic carbocycles. The van der Waals surface area contributed by atoms with Gasteiger partial charge in [-0.1, -0.05) is 0 Å². The minimum atomic E-state index is -1.64. The second-order valence-corrected chi connectivity index (χ2v) is 10.7. The molecule has 2 rings (SSSR count). The largest absolute Gasteiger partial charge is 1.00 e. The van der Waals surface area contributed by atoms with E-state index in [1.54, 1.807) is 5.20 Å². The summed E-state index contributed by atoms with van der Waals surface area (Å²) in [5.41, 5.74) is 0. The molecule has 0 atom stereocenters. The first-order chi connectivity index (χ1) is 9.07. The van der Waals surface area contributed by atoms with E-state index in [0.29, 0.717) is 0 Å². The van der Waals surface area contributed by atoms with E-state index in [4.69, 9.17) is 4.74 Å². The van der Waals surface area contributed by atoms with Gasteiger partial charge in [-0.3, -0.25) is 0 Å². The molecule has 1 nitrogen and oxygen atoms in total. The van der Waals surface area contributed by atoms with E-state index >= 15 is 0 Å². The number of hydrogen-bond donors (Lipinski definition) is 0. The molecule has 0 spiro atoms. The van der Waals surface area contributed by atoms with Crippen LogP contribution in [0.2, 0.25) is 13.1 Å². The van der Waals surface area contributed by atoms with Crippen molar-refractivity contribution in [1.29, 1.82) is 0 Å². The maximum Gasteiger partial charge on any atom is -1.00 e. The van der Waals surface area contributed by atoms with Gasteiger partial charge in [0, 0.05) is 0 Å². The van der Waals surface area contributed by atoms with E-state index in [9.17, 15) is 0 Å². The van der Waals surface area contributed by atoms with Crippen LogP contribution >= 0.6 is 0 Å². The molecule has 0 bridgehead atoms. The minimum Gasteiger partial charge on any atom is -1.00 e. The first-order valence-corrected chi connectivity index (χ1v) is 10.7. The van der Waals surface area contributed by atoms with Crippen molar-refractivity contribution in [2.75, 3.05) is 6.61 Å². The number of hydrogen-bond acceptors (Lipinski definition) is 1. The van der Waals surface area contributed by atoms with E-state index in [2.05, 4.69) is 76.9 Å². The summed E-state index contributed by atoms with van der Waals surface area (Å²) in [6, 6.07) is 8.58. The predicted molar refractivity (Wildman–Crippen MR) is 80.1 cm³/mol. The summed E-state index contributed by atoms with van der Waals surface area (Å²) in [5, 5.41) is 2.99. The summed E-state index contributed by atoms with van der Waals surface area (Å²) in [5.74, 6) is 1.08. The van der Waals surface area contributed by atoms with Crippen LogP contribution in [0, 0.1) is 0 Å². The molecular formula is C16H21Cl2OSiTi. The van der Waals surface area contributed by atoms with Crippen LogP contribution in [0.25, 0.3) is 0 Å². The Labute approximate surface area is 153 Å². The fourth-order valence-corrected chi connectivity index (χ4v) is 7.30. The Morgan fingerprint density at radius 3 is 2.43 bits per heavy atom. The van der Waals surface area contributed by atoms with Crippen LogP contribution in [0.1, 0.15) is 19.8 Å². The normalized spacial score (nSPS) is 13.8. The molecule has 0 heterocycles. The van der Waals surface area contributed by atoms with E-state index in [1.807, 2.05) is 0 Å². The fraction of sp³-hybridized carbons (Fsp3) is 0.375. The van der Waals surface area contributed by atoms with Crippen LogP contribution in [0.15, 0.2) is 45.5 Å². The third kappa shape index (κ3) is 4.74. The summed E-state index contributed by atoms with van der Waals surface area (Å²) in [6.45, 7) is 7.80. The van der Waals surface area contributed by atoms with Crippen molar-refractivity contribution in [3.63, 3.8) is 0 Å². The average Bonchev–Trinajstić information content (AvgIpc) is 2.83. The number of para-hydroxylation sites is 1. The second-order valence-electron chi connectivity index (χ2n) is 5.47. The van der Waals surface area contributed by atoms with Crippen molar-refractivity contribution in [3.05, 3.63) is 45.5 Å². The molecule has 0 fully saturated rings. The van der Waals surface area contributed by atoms with E-state index in [-0.39, 0.29) is 24.8 Å². The van der Waals surface area contributed by atoms with Gasteiger partial charge in [-0.05, 0) is 0 Å². The SMILES string of the molecule is CCCOc1ccccc1[Si](C)(C)C1=[C]([Ti+2])CC=C1.[Cl-].[Cl-]. The van der Waals surface area contributed by atoms with Crippen LogP contribution in [-0.4, -0.2) is 14.7 Å². The van der Waals surface area contributed by atoms with Crippen molar-refractivity contribution >= 4 is 13.3 Å². The molecular weight excluding hydrogens is 355 g/mol. The molecule has 0 saturated heterocycles. The Kier molecular flexibility index (Phi) is 9.22. The Morgan fingerprint density at radius 2 is 1.86 bits per heavy atom. The molecule has 0 aliphatic heterocycles. The first-order valence-electron chi connectivity index (χ1n) is 6.91. The molecule has 0 aromatic heterocycles. The van der Waals surface area contributed by atoms with Gasteiger partial charge in [0.05, 0.1) is 0 Å². The van der Waals surface area contributed by atoms with Gasteiger partial charge < -0.3 is 24.8 Å². The van der Waals surface area contributed by atoms with Crippen molar-refractivity contribution in [2.24, 2.45) is 0 Å². The third-order valence-electron chi connectivity index (χ3n) is 3.63. The van der Waals surface area contributed by atoms with E-state index < -0.39 is 8.07 Å². The minimum absolute atomic E-state index is 0. The van der Waals surface area contributed by atoms with Crippen molar-refractivity contribution in [2.45, 2.75) is 32.9 Å². The summed E-state index contributed by atoms with van der Waals surface area (Å²) in [4.78, 5) is 0. The number of ether oxygens (including phenoxy) is 1.